The van der Waals surface area contributed by atoms with Crippen molar-refractivity contribution in [2.75, 3.05) is 13.2 Å². The van der Waals surface area contributed by atoms with Gasteiger partial charge in [-0.3, -0.25) is 0 Å². The van der Waals surface area contributed by atoms with Crippen molar-refractivity contribution in [2.24, 2.45) is 0 Å². The van der Waals surface area contributed by atoms with E-state index in [4.69, 9.17) is 14.2 Å². The fraction of sp³-hybridized carbons (Fsp3) is 0.208. The first-order valence-corrected chi connectivity index (χ1v) is 12.1. The third-order valence-electron chi connectivity index (χ3n) is 5.77. The third kappa shape index (κ3) is 3.49. The van der Waals surface area contributed by atoms with Gasteiger partial charge in [0.2, 0.25) is 0 Å². The molecule has 0 radical (unpaired) electrons. The maximum Gasteiger partial charge on any atom is 0.342 e. The van der Waals surface area contributed by atoms with Crippen molar-refractivity contribution >= 4 is 45.6 Å². The van der Waals surface area contributed by atoms with Crippen LogP contribution in [0.2, 0.25) is 0 Å². The van der Waals surface area contributed by atoms with Gasteiger partial charge in [0.1, 0.15) is 11.0 Å². The van der Waals surface area contributed by atoms with Crippen LogP contribution in [0.4, 0.5) is 0 Å². The lowest BCUT2D eigenvalue weighted by Crippen LogP contribution is -2.29. The standard InChI is InChI=1S/C24H18N2O5S2/c27-23-22(14-4-6-18-19(11-14)26-33-25-18)17(13-16-3-1-10-32-16)24(28,31-23)15-5-7-20-21(12-15)30-9-2-8-29-20/h1,3-7,10-12,28H,2,8-9,13H2. The summed E-state index contributed by atoms with van der Waals surface area (Å²) in [7, 11) is 0. The van der Waals surface area contributed by atoms with Gasteiger partial charge in [0.15, 0.2) is 11.5 Å². The van der Waals surface area contributed by atoms with Crippen molar-refractivity contribution in [3.63, 3.8) is 0 Å². The normalized spacial score (nSPS) is 20.2. The van der Waals surface area contributed by atoms with E-state index in [1.165, 1.54) is 0 Å². The Hall–Kier alpha value is -3.27. The molecule has 6 rings (SSSR count). The Morgan fingerprint density at radius 1 is 1.00 bits per heavy atom. The van der Waals surface area contributed by atoms with E-state index in [2.05, 4.69) is 8.75 Å². The Kier molecular flexibility index (Phi) is 4.90. The monoisotopic (exact) mass is 478 g/mol. The van der Waals surface area contributed by atoms with Crippen molar-refractivity contribution in [3.8, 4) is 11.5 Å². The lowest BCUT2D eigenvalue weighted by molar-refractivity contribution is -0.185. The van der Waals surface area contributed by atoms with Crippen LogP contribution in [-0.2, 0) is 21.7 Å². The maximum absolute atomic E-state index is 13.2. The molecule has 4 heterocycles. The molecule has 2 aliphatic heterocycles. The molecule has 0 fully saturated rings. The molecule has 0 saturated carbocycles. The average Bonchev–Trinajstić information content (AvgIpc) is 3.50. The molecule has 1 unspecified atom stereocenters. The number of carbonyl (C=O) groups excluding carboxylic acids is 1. The minimum atomic E-state index is -1.93. The molecule has 166 valence electrons. The summed E-state index contributed by atoms with van der Waals surface area (Å²) in [6, 6.07) is 14.5. The lowest BCUT2D eigenvalue weighted by atomic mass is 9.89. The van der Waals surface area contributed by atoms with Crippen LogP contribution in [-0.4, -0.2) is 33.0 Å². The third-order valence-corrected chi connectivity index (χ3v) is 7.20. The van der Waals surface area contributed by atoms with Crippen LogP contribution in [0, 0.1) is 0 Å². The molecule has 7 nitrogen and oxygen atoms in total. The molecule has 0 saturated heterocycles. The molecule has 0 aliphatic carbocycles. The van der Waals surface area contributed by atoms with Gasteiger partial charge in [-0.1, -0.05) is 12.1 Å². The highest BCUT2D eigenvalue weighted by Gasteiger charge is 2.48. The molecular formula is C24H18N2O5S2. The molecule has 2 aromatic carbocycles. The van der Waals surface area contributed by atoms with Crippen LogP contribution in [0.25, 0.3) is 16.6 Å². The summed E-state index contributed by atoms with van der Waals surface area (Å²) in [6.45, 7) is 1.08. The maximum atomic E-state index is 13.2. The van der Waals surface area contributed by atoms with Gasteiger partial charge in [-0.25, -0.2) is 4.79 Å². The summed E-state index contributed by atoms with van der Waals surface area (Å²) in [5, 5.41) is 13.8. The molecular weight excluding hydrogens is 460 g/mol. The van der Waals surface area contributed by atoms with Gasteiger partial charge in [-0.2, -0.15) is 8.75 Å². The molecule has 0 spiro atoms. The van der Waals surface area contributed by atoms with Crippen molar-refractivity contribution in [1.29, 1.82) is 0 Å². The summed E-state index contributed by atoms with van der Waals surface area (Å²) in [5.41, 5.74) is 3.32. The first kappa shape index (κ1) is 20.3. The largest absolute Gasteiger partial charge is 0.490 e. The highest BCUT2D eigenvalue weighted by molar-refractivity contribution is 7.09. The second kappa shape index (κ2) is 7.95. The number of fused-ring (bicyclic) bond motifs is 2. The van der Waals surface area contributed by atoms with Gasteiger partial charge in [0.25, 0.3) is 5.79 Å². The Morgan fingerprint density at radius 3 is 2.70 bits per heavy atom. The zero-order chi connectivity index (χ0) is 22.4. The van der Waals surface area contributed by atoms with Crippen LogP contribution >= 0.6 is 23.1 Å². The van der Waals surface area contributed by atoms with Crippen LogP contribution in [0.3, 0.4) is 0 Å². The Morgan fingerprint density at radius 2 is 1.85 bits per heavy atom. The number of aromatic nitrogens is 2. The first-order chi connectivity index (χ1) is 16.1. The zero-order valence-corrected chi connectivity index (χ0v) is 18.9. The second-order valence-corrected chi connectivity index (χ2v) is 9.38. The number of rotatable bonds is 4. The van der Waals surface area contributed by atoms with Gasteiger partial charge >= 0.3 is 5.97 Å². The summed E-state index contributed by atoms with van der Waals surface area (Å²) >= 11 is 2.67. The number of cyclic esters (lactones) is 1. The van der Waals surface area contributed by atoms with Crippen LogP contribution in [0.5, 0.6) is 11.5 Å². The quantitative estimate of drug-likeness (QED) is 0.437. The van der Waals surface area contributed by atoms with Crippen LogP contribution in [0.15, 0.2) is 59.5 Å². The van der Waals surface area contributed by atoms with Gasteiger partial charge in [-0.15, -0.1) is 11.3 Å². The molecule has 1 atom stereocenters. The highest BCUT2D eigenvalue weighted by atomic mass is 32.1. The van der Waals surface area contributed by atoms with Gasteiger partial charge < -0.3 is 19.3 Å². The molecule has 4 aromatic rings. The Balaban J connectivity index is 1.52. The van der Waals surface area contributed by atoms with Crippen molar-refractivity contribution < 1.29 is 24.1 Å². The summed E-state index contributed by atoms with van der Waals surface area (Å²) in [5.74, 6) is -1.39. The first-order valence-electron chi connectivity index (χ1n) is 10.5. The zero-order valence-electron chi connectivity index (χ0n) is 17.3. The summed E-state index contributed by atoms with van der Waals surface area (Å²) in [6.07, 6.45) is 1.13. The number of esters is 1. The Labute approximate surface area is 197 Å². The average molecular weight is 479 g/mol. The van der Waals surface area contributed by atoms with E-state index in [-0.39, 0.29) is 0 Å². The number of benzene rings is 2. The molecule has 2 aliphatic rings. The summed E-state index contributed by atoms with van der Waals surface area (Å²) in [4.78, 5) is 14.2. The smallest absolute Gasteiger partial charge is 0.342 e. The molecule has 1 N–H and O–H groups in total. The number of nitrogens with zero attached hydrogens (tertiary/aromatic N) is 2. The molecule has 33 heavy (non-hydrogen) atoms. The van der Waals surface area contributed by atoms with Gasteiger partial charge in [-0.05, 0) is 47.3 Å². The van der Waals surface area contributed by atoms with Crippen molar-refractivity contribution in [2.45, 2.75) is 18.6 Å². The highest BCUT2D eigenvalue weighted by Crippen LogP contribution is 2.47. The van der Waals surface area contributed by atoms with E-state index in [0.717, 1.165) is 28.5 Å². The fourth-order valence-electron chi connectivity index (χ4n) is 4.17. The predicted octanol–water partition coefficient (Wildman–Crippen LogP) is 4.31. The number of carbonyl (C=O) groups is 1. The van der Waals surface area contributed by atoms with Gasteiger partial charge in [0.05, 0.1) is 30.5 Å². The molecule has 0 amide bonds. The topological polar surface area (TPSA) is 90.8 Å². The molecule has 2 aromatic heterocycles. The van der Waals surface area contributed by atoms with Crippen molar-refractivity contribution in [3.05, 3.63) is 75.5 Å². The number of hydrogen-bond donors (Lipinski definition) is 1. The van der Waals surface area contributed by atoms with E-state index in [1.807, 2.05) is 35.7 Å². The van der Waals surface area contributed by atoms with E-state index in [9.17, 15) is 9.90 Å². The van der Waals surface area contributed by atoms with E-state index in [1.54, 1.807) is 29.5 Å². The van der Waals surface area contributed by atoms with E-state index in [0.29, 0.717) is 58.9 Å². The number of ether oxygens (including phenoxy) is 3. The minimum absolute atomic E-state index is 0.341. The van der Waals surface area contributed by atoms with E-state index < -0.39 is 11.8 Å². The second-order valence-electron chi connectivity index (χ2n) is 7.82. The predicted molar refractivity (Wildman–Crippen MR) is 124 cm³/mol. The fourth-order valence-corrected chi connectivity index (χ4v) is 5.41. The Bertz CT molecular complexity index is 1400. The summed E-state index contributed by atoms with van der Waals surface area (Å²) < 4.78 is 25.8. The van der Waals surface area contributed by atoms with Gasteiger partial charge in [0, 0.05) is 28.9 Å². The molecule has 0 bridgehead atoms. The van der Waals surface area contributed by atoms with Crippen molar-refractivity contribution in [1.82, 2.24) is 8.75 Å². The number of thiophene rings is 1. The minimum Gasteiger partial charge on any atom is -0.490 e. The lowest BCUT2D eigenvalue weighted by Gasteiger charge is -2.26. The number of aliphatic hydroxyl groups is 1. The van der Waals surface area contributed by atoms with E-state index >= 15 is 0 Å². The number of hydrogen-bond acceptors (Lipinski definition) is 9. The van der Waals surface area contributed by atoms with Crippen LogP contribution in [0.1, 0.15) is 22.4 Å². The van der Waals surface area contributed by atoms with Crippen LogP contribution < -0.4 is 9.47 Å². The SMILES string of the molecule is O=C1OC(O)(c2ccc3c(c2)OCCCO3)C(Cc2cccs2)=C1c1ccc2nsnc2c1. The molecule has 9 heteroatoms.